The zero-order valence-electron chi connectivity index (χ0n) is 13.9. The molecule has 0 aromatic heterocycles. The van der Waals surface area contributed by atoms with Crippen LogP contribution in [-0.2, 0) is 16.1 Å². The van der Waals surface area contributed by atoms with Crippen LogP contribution in [0, 0.1) is 11.8 Å². The van der Waals surface area contributed by atoms with E-state index in [4.69, 9.17) is 10.5 Å². The van der Waals surface area contributed by atoms with Crippen LogP contribution >= 0.6 is 0 Å². The molecule has 0 radical (unpaired) electrons. The first-order valence-electron chi connectivity index (χ1n) is 8.13. The molecule has 0 aliphatic carbocycles. The van der Waals surface area contributed by atoms with Gasteiger partial charge in [-0.05, 0) is 35.0 Å². The van der Waals surface area contributed by atoms with E-state index in [1.165, 1.54) is 0 Å². The van der Waals surface area contributed by atoms with Crippen molar-refractivity contribution in [3.63, 3.8) is 0 Å². The molecule has 6 nitrogen and oxygen atoms in total. The lowest BCUT2D eigenvalue weighted by atomic mass is 9.79. The predicted molar refractivity (Wildman–Crippen MR) is 88.8 cm³/mol. The fourth-order valence-electron chi connectivity index (χ4n) is 3.69. The SMILES string of the molecule is CC(C)C1CN2C(C(=O)O)=C(c3ccc(COC(N)=O)cc3)CC12. The Morgan fingerprint density at radius 3 is 2.54 bits per heavy atom. The van der Waals surface area contributed by atoms with Gasteiger partial charge in [0, 0.05) is 12.6 Å². The lowest BCUT2D eigenvalue weighted by molar-refractivity contribution is -0.136. The Morgan fingerprint density at radius 2 is 2.00 bits per heavy atom. The van der Waals surface area contributed by atoms with Crippen molar-refractivity contribution in [1.29, 1.82) is 0 Å². The monoisotopic (exact) mass is 330 g/mol. The third-order valence-corrected chi connectivity index (χ3v) is 5.03. The number of hydrogen-bond acceptors (Lipinski definition) is 4. The first-order chi connectivity index (χ1) is 11.4. The molecule has 6 heteroatoms. The number of amides is 1. The number of hydrogen-bond donors (Lipinski definition) is 2. The van der Waals surface area contributed by atoms with Gasteiger partial charge >= 0.3 is 12.1 Å². The van der Waals surface area contributed by atoms with Gasteiger partial charge in [0.2, 0.25) is 0 Å². The van der Waals surface area contributed by atoms with Crippen molar-refractivity contribution in [3.05, 3.63) is 41.1 Å². The maximum Gasteiger partial charge on any atom is 0.404 e. The summed E-state index contributed by atoms with van der Waals surface area (Å²) >= 11 is 0. The van der Waals surface area contributed by atoms with E-state index in [1.807, 2.05) is 29.2 Å². The maximum atomic E-state index is 11.7. The van der Waals surface area contributed by atoms with Crippen molar-refractivity contribution in [1.82, 2.24) is 4.90 Å². The molecule has 2 aliphatic rings. The van der Waals surface area contributed by atoms with Crippen LogP contribution < -0.4 is 5.73 Å². The van der Waals surface area contributed by atoms with Crippen LogP contribution in [0.5, 0.6) is 0 Å². The van der Waals surface area contributed by atoms with Crippen LogP contribution in [0.1, 0.15) is 31.4 Å². The Labute approximate surface area is 140 Å². The number of carboxylic acid groups (broad SMARTS) is 1. The van der Waals surface area contributed by atoms with Crippen LogP contribution in [0.3, 0.4) is 0 Å². The zero-order chi connectivity index (χ0) is 17.4. The summed E-state index contributed by atoms with van der Waals surface area (Å²) in [6.07, 6.45) is -0.0448. The van der Waals surface area contributed by atoms with Crippen molar-refractivity contribution in [3.8, 4) is 0 Å². The number of fused-ring (bicyclic) bond motifs is 1. The molecule has 1 fully saturated rings. The van der Waals surface area contributed by atoms with Gasteiger partial charge in [-0.25, -0.2) is 9.59 Å². The van der Waals surface area contributed by atoms with E-state index < -0.39 is 12.1 Å². The first-order valence-corrected chi connectivity index (χ1v) is 8.13. The fraction of sp³-hybridized carbons (Fsp3) is 0.444. The van der Waals surface area contributed by atoms with Crippen molar-refractivity contribution >= 4 is 17.6 Å². The molecule has 24 heavy (non-hydrogen) atoms. The molecule has 128 valence electrons. The van der Waals surface area contributed by atoms with E-state index in [0.717, 1.165) is 29.7 Å². The number of primary amides is 1. The molecule has 0 bridgehead atoms. The van der Waals surface area contributed by atoms with Gasteiger partial charge < -0.3 is 20.5 Å². The normalized spacial score (nSPS) is 22.4. The number of carbonyl (C=O) groups excluding carboxylic acids is 1. The molecule has 0 spiro atoms. The highest BCUT2D eigenvalue weighted by Gasteiger charge is 2.48. The van der Waals surface area contributed by atoms with Gasteiger partial charge in [-0.15, -0.1) is 0 Å². The van der Waals surface area contributed by atoms with E-state index in [1.54, 1.807) is 0 Å². The summed E-state index contributed by atoms with van der Waals surface area (Å²) in [7, 11) is 0. The summed E-state index contributed by atoms with van der Waals surface area (Å²) in [4.78, 5) is 24.4. The van der Waals surface area contributed by atoms with Gasteiger partial charge in [0.25, 0.3) is 0 Å². The highest BCUT2D eigenvalue weighted by molar-refractivity contribution is 5.97. The van der Waals surface area contributed by atoms with Crippen LogP contribution in [0.15, 0.2) is 30.0 Å². The van der Waals surface area contributed by atoms with E-state index in [2.05, 4.69) is 13.8 Å². The van der Waals surface area contributed by atoms with Gasteiger partial charge in [-0.1, -0.05) is 38.1 Å². The van der Waals surface area contributed by atoms with E-state index in [-0.39, 0.29) is 6.61 Å². The third-order valence-electron chi connectivity index (χ3n) is 5.03. The molecule has 1 aromatic carbocycles. The second-order valence-corrected chi connectivity index (χ2v) is 6.77. The van der Waals surface area contributed by atoms with Crippen LogP contribution in [0.25, 0.3) is 5.57 Å². The topological polar surface area (TPSA) is 92.9 Å². The minimum Gasteiger partial charge on any atom is -0.477 e. The molecular formula is C18H22N2O4. The first kappa shape index (κ1) is 16.4. The standard InChI is InChI=1S/C18H22N2O4/c1-10(2)14-8-20-15(14)7-13(16(20)17(21)22)12-5-3-11(4-6-12)9-24-18(19)23/h3-6,10,14-15H,7-9H2,1-2H3,(H2,19,23)(H,21,22). The van der Waals surface area contributed by atoms with Crippen molar-refractivity contribution in [2.45, 2.75) is 32.9 Å². The fourth-order valence-corrected chi connectivity index (χ4v) is 3.69. The number of carbonyl (C=O) groups is 2. The summed E-state index contributed by atoms with van der Waals surface area (Å²) in [6, 6.07) is 7.73. The van der Waals surface area contributed by atoms with E-state index >= 15 is 0 Å². The zero-order valence-corrected chi connectivity index (χ0v) is 13.9. The van der Waals surface area contributed by atoms with Crippen molar-refractivity contribution < 1.29 is 19.4 Å². The van der Waals surface area contributed by atoms with Gasteiger partial charge in [0.05, 0.1) is 0 Å². The molecule has 2 aliphatic heterocycles. The molecule has 0 saturated carbocycles. The number of rotatable bonds is 5. The van der Waals surface area contributed by atoms with E-state index in [0.29, 0.717) is 23.6 Å². The molecule has 2 unspecified atom stereocenters. The predicted octanol–water partition coefficient (Wildman–Crippen LogP) is 2.44. The molecule has 3 rings (SSSR count). The van der Waals surface area contributed by atoms with Crippen molar-refractivity contribution in [2.75, 3.05) is 6.54 Å². The summed E-state index contributed by atoms with van der Waals surface area (Å²) < 4.78 is 4.76. The Kier molecular flexibility index (Phi) is 4.22. The Hall–Kier alpha value is -2.50. The van der Waals surface area contributed by atoms with Gasteiger partial charge in [0.15, 0.2) is 0 Å². The number of nitrogens with zero attached hydrogens (tertiary/aromatic N) is 1. The lowest BCUT2D eigenvalue weighted by Crippen LogP contribution is -2.55. The lowest BCUT2D eigenvalue weighted by Gasteiger charge is -2.48. The quantitative estimate of drug-likeness (QED) is 0.865. The van der Waals surface area contributed by atoms with Crippen LogP contribution in [0.2, 0.25) is 0 Å². The second-order valence-electron chi connectivity index (χ2n) is 6.77. The maximum absolute atomic E-state index is 11.7. The number of aliphatic carboxylic acids is 1. The number of nitrogens with two attached hydrogens (primary N) is 1. The van der Waals surface area contributed by atoms with Gasteiger partial charge in [-0.2, -0.15) is 0 Å². The molecule has 2 atom stereocenters. The Bertz CT molecular complexity index is 693. The summed E-state index contributed by atoms with van der Waals surface area (Å²) in [6.45, 7) is 5.31. The van der Waals surface area contributed by atoms with Crippen LogP contribution in [0.4, 0.5) is 4.79 Å². The highest BCUT2D eigenvalue weighted by atomic mass is 16.5. The highest BCUT2D eigenvalue weighted by Crippen LogP contribution is 2.47. The van der Waals surface area contributed by atoms with Gasteiger partial charge in [-0.3, -0.25) is 0 Å². The molecule has 2 heterocycles. The molecular weight excluding hydrogens is 308 g/mol. The molecule has 1 saturated heterocycles. The summed E-state index contributed by atoms with van der Waals surface area (Å²) in [5.41, 5.74) is 8.00. The van der Waals surface area contributed by atoms with Crippen molar-refractivity contribution in [2.24, 2.45) is 17.6 Å². The summed E-state index contributed by atoms with van der Waals surface area (Å²) in [5.74, 6) is 0.227. The van der Waals surface area contributed by atoms with Gasteiger partial charge in [0.1, 0.15) is 12.3 Å². The Morgan fingerprint density at radius 1 is 1.33 bits per heavy atom. The second kappa shape index (κ2) is 6.19. The minimum atomic E-state index is -0.865. The smallest absolute Gasteiger partial charge is 0.404 e. The molecule has 3 N–H and O–H groups in total. The third kappa shape index (κ3) is 2.84. The van der Waals surface area contributed by atoms with E-state index in [9.17, 15) is 14.7 Å². The minimum absolute atomic E-state index is 0.116. The average molecular weight is 330 g/mol. The number of ether oxygens (including phenoxy) is 1. The number of benzene rings is 1. The molecule has 1 amide bonds. The van der Waals surface area contributed by atoms with Crippen LogP contribution in [-0.4, -0.2) is 34.7 Å². The largest absolute Gasteiger partial charge is 0.477 e. The molecule has 1 aromatic rings. The summed E-state index contributed by atoms with van der Waals surface area (Å²) in [5, 5.41) is 9.62. The Balaban J connectivity index is 1.81. The average Bonchev–Trinajstić information content (AvgIpc) is 2.78. The number of carboxylic acids is 1.